The van der Waals surface area contributed by atoms with E-state index in [0.717, 1.165) is 48.2 Å². The molecular weight excluding hydrogens is 387 g/mol. The van der Waals surface area contributed by atoms with Crippen LogP contribution in [0.15, 0.2) is 59.6 Å². The average molecular weight is 405 g/mol. The van der Waals surface area contributed by atoms with Crippen molar-refractivity contribution in [1.29, 1.82) is 0 Å². The summed E-state index contributed by atoms with van der Waals surface area (Å²) < 4.78 is 40.8. The zero-order valence-electron chi connectivity index (χ0n) is 14.7. The van der Waals surface area contributed by atoms with E-state index in [9.17, 15) is 12.8 Å². The topological polar surface area (TPSA) is 42.3 Å². The normalized spacial score (nSPS) is 15.9. The molecule has 4 rings (SSSR count). The van der Waals surface area contributed by atoms with Crippen molar-refractivity contribution in [2.45, 2.75) is 11.3 Å². The maximum Gasteiger partial charge on any atom is 0.268 e. The number of aromatic nitrogens is 1. The minimum absolute atomic E-state index is 0.0413. The van der Waals surface area contributed by atoms with Crippen LogP contribution in [0.3, 0.4) is 0 Å². The second-order valence-electron chi connectivity index (χ2n) is 6.70. The quantitative estimate of drug-likeness (QED) is 0.650. The van der Waals surface area contributed by atoms with Gasteiger partial charge >= 0.3 is 0 Å². The second-order valence-corrected chi connectivity index (χ2v) is 8.95. The maximum atomic E-state index is 13.2. The van der Waals surface area contributed by atoms with E-state index in [2.05, 4.69) is 11.0 Å². The SMILES string of the molecule is CN1CC=C(c2cn(S(=O)(=O)c3ccc(F)cc3)c3ccc(Cl)cc23)CC1. The van der Waals surface area contributed by atoms with Gasteiger partial charge in [0.15, 0.2) is 0 Å². The van der Waals surface area contributed by atoms with Crippen LogP contribution in [-0.4, -0.2) is 37.4 Å². The molecule has 1 aliphatic rings. The molecule has 7 heteroatoms. The summed E-state index contributed by atoms with van der Waals surface area (Å²) in [6.45, 7) is 1.72. The lowest BCUT2D eigenvalue weighted by Crippen LogP contribution is -2.23. The highest BCUT2D eigenvalue weighted by atomic mass is 35.5. The molecule has 27 heavy (non-hydrogen) atoms. The molecule has 0 amide bonds. The standard InChI is InChI=1S/C20H18ClFN2O2S/c1-23-10-8-14(9-11-23)19-13-24(20-7-2-15(21)12-18(19)20)27(25,26)17-5-3-16(22)4-6-17/h2-8,12-13H,9-11H2,1H3. The first-order valence-electron chi connectivity index (χ1n) is 8.56. The minimum Gasteiger partial charge on any atom is -0.302 e. The van der Waals surface area contributed by atoms with Gasteiger partial charge in [0, 0.05) is 35.3 Å². The van der Waals surface area contributed by atoms with Gasteiger partial charge in [0.1, 0.15) is 5.82 Å². The van der Waals surface area contributed by atoms with Crippen LogP contribution in [0.5, 0.6) is 0 Å². The lowest BCUT2D eigenvalue weighted by atomic mass is 9.99. The van der Waals surface area contributed by atoms with Crippen LogP contribution in [-0.2, 0) is 10.0 Å². The number of rotatable bonds is 3. The van der Waals surface area contributed by atoms with Crippen LogP contribution in [0.2, 0.25) is 5.02 Å². The Kier molecular flexibility index (Phi) is 4.58. The summed E-state index contributed by atoms with van der Waals surface area (Å²) in [5, 5.41) is 1.35. The Bertz CT molecular complexity index is 1150. The molecule has 2 heterocycles. The van der Waals surface area contributed by atoms with Gasteiger partial charge in [-0.25, -0.2) is 16.8 Å². The highest BCUT2D eigenvalue weighted by molar-refractivity contribution is 7.90. The van der Waals surface area contributed by atoms with Crippen molar-refractivity contribution in [3.63, 3.8) is 0 Å². The molecular formula is C20H18ClFN2O2S. The van der Waals surface area contributed by atoms with Gasteiger partial charge in [0.2, 0.25) is 0 Å². The molecule has 3 aromatic rings. The smallest absolute Gasteiger partial charge is 0.268 e. The molecule has 0 spiro atoms. The molecule has 0 fully saturated rings. The number of nitrogens with zero attached hydrogens (tertiary/aromatic N) is 2. The molecule has 1 aliphatic heterocycles. The summed E-state index contributed by atoms with van der Waals surface area (Å²) >= 11 is 6.18. The lowest BCUT2D eigenvalue weighted by Gasteiger charge is -2.21. The van der Waals surface area contributed by atoms with Gasteiger partial charge in [0.05, 0.1) is 10.4 Å². The third-order valence-electron chi connectivity index (χ3n) is 4.86. The van der Waals surface area contributed by atoms with Crippen molar-refractivity contribution < 1.29 is 12.8 Å². The first-order valence-corrected chi connectivity index (χ1v) is 10.4. The number of benzene rings is 2. The van der Waals surface area contributed by atoms with Gasteiger partial charge in [-0.15, -0.1) is 0 Å². The van der Waals surface area contributed by atoms with E-state index in [1.165, 1.54) is 16.1 Å². The summed E-state index contributed by atoms with van der Waals surface area (Å²) in [5.41, 5.74) is 2.53. The largest absolute Gasteiger partial charge is 0.302 e. The molecule has 140 valence electrons. The molecule has 2 aromatic carbocycles. The Morgan fingerprint density at radius 1 is 1.11 bits per heavy atom. The summed E-state index contributed by atoms with van der Waals surface area (Å²) in [5.74, 6) is -0.477. The van der Waals surface area contributed by atoms with Gasteiger partial charge < -0.3 is 4.90 Å². The monoisotopic (exact) mass is 404 g/mol. The van der Waals surface area contributed by atoms with Crippen molar-refractivity contribution in [2.24, 2.45) is 0 Å². The van der Waals surface area contributed by atoms with Gasteiger partial charge in [-0.2, -0.15) is 0 Å². The number of fused-ring (bicyclic) bond motifs is 1. The third-order valence-corrected chi connectivity index (χ3v) is 6.78. The number of hydrogen-bond donors (Lipinski definition) is 0. The van der Waals surface area contributed by atoms with Gasteiger partial charge in [0.25, 0.3) is 10.0 Å². The summed E-state index contributed by atoms with van der Waals surface area (Å²) in [6, 6.07) is 10.0. The highest BCUT2D eigenvalue weighted by Crippen LogP contribution is 2.34. The number of hydrogen-bond acceptors (Lipinski definition) is 3. The van der Waals surface area contributed by atoms with E-state index in [-0.39, 0.29) is 4.90 Å². The van der Waals surface area contributed by atoms with Gasteiger partial charge in [-0.3, -0.25) is 0 Å². The highest BCUT2D eigenvalue weighted by Gasteiger charge is 2.23. The van der Waals surface area contributed by atoms with E-state index in [1.54, 1.807) is 24.4 Å². The van der Waals surface area contributed by atoms with E-state index >= 15 is 0 Å². The fraction of sp³-hybridized carbons (Fsp3) is 0.200. The molecule has 0 saturated heterocycles. The molecule has 4 nitrogen and oxygen atoms in total. The van der Waals surface area contributed by atoms with Crippen molar-refractivity contribution >= 4 is 38.1 Å². The molecule has 0 bridgehead atoms. The van der Waals surface area contributed by atoms with Crippen LogP contribution in [0.1, 0.15) is 12.0 Å². The maximum absolute atomic E-state index is 13.2. The number of halogens is 2. The predicted octanol–water partition coefficient (Wildman–Crippen LogP) is 4.39. The second kappa shape index (κ2) is 6.78. The van der Waals surface area contributed by atoms with Crippen LogP contribution < -0.4 is 0 Å². The fourth-order valence-corrected chi connectivity index (χ4v) is 4.90. The van der Waals surface area contributed by atoms with Crippen molar-refractivity contribution in [3.8, 4) is 0 Å². The third kappa shape index (κ3) is 3.29. The van der Waals surface area contributed by atoms with Crippen molar-refractivity contribution in [1.82, 2.24) is 8.87 Å². The molecule has 0 aliphatic carbocycles. The summed E-state index contributed by atoms with van der Waals surface area (Å²) in [6.07, 6.45) is 4.60. The van der Waals surface area contributed by atoms with Gasteiger partial charge in [-0.05, 0) is 61.5 Å². The van der Waals surface area contributed by atoms with Crippen LogP contribution in [0.4, 0.5) is 4.39 Å². The fourth-order valence-electron chi connectivity index (χ4n) is 3.36. The zero-order chi connectivity index (χ0) is 19.2. The Balaban J connectivity index is 1.93. The van der Waals surface area contributed by atoms with E-state index in [4.69, 9.17) is 11.6 Å². The first kappa shape index (κ1) is 18.2. The average Bonchev–Trinajstić information content (AvgIpc) is 3.02. The predicted molar refractivity (Wildman–Crippen MR) is 106 cm³/mol. The Labute approximate surface area is 162 Å². The van der Waals surface area contributed by atoms with E-state index in [0.29, 0.717) is 10.5 Å². The molecule has 0 N–H and O–H groups in total. The van der Waals surface area contributed by atoms with Crippen molar-refractivity contribution in [2.75, 3.05) is 20.1 Å². The first-order chi connectivity index (χ1) is 12.9. The molecule has 1 aromatic heterocycles. The van der Waals surface area contributed by atoms with E-state index < -0.39 is 15.8 Å². The van der Waals surface area contributed by atoms with Crippen LogP contribution in [0, 0.1) is 5.82 Å². The molecule has 0 radical (unpaired) electrons. The Hall–Kier alpha value is -2.15. The molecule has 0 atom stereocenters. The van der Waals surface area contributed by atoms with E-state index in [1.807, 2.05) is 7.05 Å². The molecule has 0 unspecified atom stereocenters. The summed E-state index contributed by atoms with van der Waals surface area (Å²) in [4.78, 5) is 2.24. The lowest BCUT2D eigenvalue weighted by molar-refractivity contribution is 0.370. The Morgan fingerprint density at radius 3 is 2.52 bits per heavy atom. The summed E-state index contributed by atoms with van der Waals surface area (Å²) in [7, 11) is -1.81. The van der Waals surface area contributed by atoms with Gasteiger partial charge in [-0.1, -0.05) is 17.7 Å². The Morgan fingerprint density at radius 2 is 1.85 bits per heavy atom. The minimum atomic E-state index is -3.85. The molecule has 0 saturated carbocycles. The van der Waals surface area contributed by atoms with Crippen molar-refractivity contribution in [3.05, 3.63) is 71.1 Å². The zero-order valence-corrected chi connectivity index (χ0v) is 16.3. The number of likely N-dealkylation sites (N-methyl/N-ethyl adjacent to an activating group) is 1. The van der Waals surface area contributed by atoms with Crippen LogP contribution in [0.25, 0.3) is 16.5 Å². The van der Waals surface area contributed by atoms with Crippen LogP contribution >= 0.6 is 11.6 Å².